The molecule has 1 rings (SSSR count). The molecule has 8 nitrogen and oxygen atoms in total. The highest BCUT2D eigenvalue weighted by molar-refractivity contribution is 6.21. The molecule has 0 bridgehead atoms. The molecule has 1 aliphatic rings. The minimum absolute atomic E-state index is 0.0465. The van der Waals surface area contributed by atoms with Gasteiger partial charge in [0.15, 0.2) is 6.29 Å². The van der Waals surface area contributed by atoms with Crippen LogP contribution in [0, 0.1) is 0 Å². The summed E-state index contributed by atoms with van der Waals surface area (Å²) in [5.74, 6) is -0.0697. The van der Waals surface area contributed by atoms with Crippen molar-refractivity contribution in [3.63, 3.8) is 0 Å². The van der Waals surface area contributed by atoms with Crippen LogP contribution >= 0.6 is 11.6 Å². The Bertz CT molecular complexity index is 791. The second-order valence-corrected chi connectivity index (χ2v) is 9.76. The molecule has 0 N–H and O–H groups in total. The van der Waals surface area contributed by atoms with Gasteiger partial charge in [0.1, 0.15) is 0 Å². The number of hydrogen-bond acceptors (Lipinski definition) is 6. The average Bonchev–Trinajstić information content (AvgIpc) is 2.99. The minimum Gasteiger partial charge on any atom is -0.341 e. The lowest BCUT2D eigenvalue weighted by atomic mass is 10.1. The maximum Gasteiger partial charge on any atom is 0.223 e. The Labute approximate surface area is 210 Å². The molecule has 34 heavy (non-hydrogen) atoms. The zero-order chi connectivity index (χ0) is 25.7. The maximum atomic E-state index is 12.6. The van der Waals surface area contributed by atoms with E-state index in [0.29, 0.717) is 49.1 Å². The molecule has 9 heteroatoms. The van der Waals surface area contributed by atoms with E-state index >= 15 is 0 Å². The van der Waals surface area contributed by atoms with Gasteiger partial charge in [-0.3, -0.25) is 14.4 Å². The summed E-state index contributed by atoms with van der Waals surface area (Å²) in [4.78, 5) is 42.6. The number of allylic oxidation sites excluding steroid dienone is 2. The third kappa shape index (κ3) is 10.5. The van der Waals surface area contributed by atoms with E-state index in [1.165, 1.54) is 6.92 Å². The first-order valence-corrected chi connectivity index (χ1v) is 12.7. The number of carbonyl (C=O) groups excluding carboxylic acids is 3. The summed E-state index contributed by atoms with van der Waals surface area (Å²) in [6.07, 6.45) is 4.92. The fraction of sp³-hybridized carbons (Fsp3) is 0.720. The van der Waals surface area contributed by atoms with Crippen LogP contribution in [0.1, 0.15) is 73.1 Å². The quantitative estimate of drug-likeness (QED) is 0.135. The van der Waals surface area contributed by atoms with Gasteiger partial charge in [-0.15, -0.1) is 11.6 Å². The Morgan fingerprint density at radius 3 is 2.38 bits per heavy atom. The van der Waals surface area contributed by atoms with Crippen molar-refractivity contribution < 1.29 is 14.4 Å². The van der Waals surface area contributed by atoms with Crippen LogP contribution in [0.15, 0.2) is 21.5 Å². The van der Waals surface area contributed by atoms with Gasteiger partial charge in [-0.05, 0) is 53.6 Å². The second kappa shape index (κ2) is 15.8. The molecule has 0 aromatic heterocycles. The van der Waals surface area contributed by atoms with E-state index in [1.807, 2.05) is 11.8 Å². The molecule has 2 amide bonds. The SMILES string of the molecule is CCC\C(CC(C)Cl)=N/N=C(C)/C(C=O)=C(/C)N(CCCC(=O)N1CCCN(C)CC1)C(C)=O. The molecular weight excluding hydrogens is 454 g/mol. The number of alkyl halides is 1. The van der Waals surface area contributed by atoms with Gasteiger partial charge in [0.05, 0.1) is 11.3 Å². The van der Waals surface area contributed by atoms with Crippen molar-refractivity contribution in [3.05, 3.63) is 11.3 Å². The number of nitrogens with zero attached hydrogens (tertiary/aromatic N) is 5. The summed E-state index contributed by atoms with van der Waals surface area (Å²) >= 11 is 6.11. The summed E-state index contributed by atoms with van der Waals surface area (Å²) in [7, 11) is 2.07. The van der Waals surface area contributed by atoms with Crippen molar-refractivity contribution in [1.82, 2.24) is 14.7 Å². The first-order valence-electron chi connectivity index (χ1n) is 12.3. The van der Waals surface area contributed by atoms with Crippen LogP contribution in [0.25, 0.3) is 0 Å². The molecule has 1 fully saturated rings. The van der Waals surface area contributed by atoms with Crippen molar-refractivity contribution in [2.75, 3.05) is 39.8 Å². The van der Waals surface area contributed by atoms with E-state index in [1.54, 1.807) is 18.7 Å². The topological polar surface area (TPSA) is 85.7 Å². The molecule has 1 heterocycles. The Balaban J connectivity index is 2.91. The van der Waals surface area contributed by atoms with Crippen molar-refractivity contribution >= 4 is 41.1 Å². The fourth-order valence-corrected chi connectivity index (χ4v) is 4.17. The fourth-order valence-electron chi connectivity index (χ4n) is 3.99. The molecule has 1 unspecified atom stereocenters. The standard InChI is InChI=1S/C25H42ClN5O3/c1-7-10-23(17-19(2)26)28-27-20(3)24(18-32)21(4)31(22(5)33)14-8-11-25(34)30-13-9-12-29(6)15-16-30/h18-19H,7-17H2,1-6H3/b24-21-,27-20+,28-23+. The Morgan fingerprint density at radius 1 is 1.09 bits per heavy atom. The second-order valence-electron chi connectivity index (χ2n) is 9.02. The number of carbonyl (C=O) groups is 3. The number of likely N-dealkylation sites (N-methyl/N-ethyl adjacent to an activating group) is 1. The van der Waals surface area contributed by atoms with Gasteiger partial charge >= 0.3 is 0 Å². The predicted molar refractivity (Wildman–Crippen MR) is 139 cm³/mol. The molecule has 0 radical (unpaired) electrons. The number of hydrogen-bond donors (Lipinski definition) is 0. The molecule has 0 aromatic rings. The predicted octanol–water partition coefficient (Wildman–Crippen LogP) is 3.89. The molecular formula is C25H42ClN5O3. The van der Waals surface area contributed by atoms with E-state index in [0.717, 1.165) is 51.2 Å². The Hall–Kier alpha value is -2.06. The number of aldehydes is 1. The Kier molecular flexibility index (Phi) is 13.9. The zero-order valence-electron chi connectivity index (χ0n) is 21.8. The average molecular weight is 496 g/mol. The summed E-state index contributed by atoms with van der Waals surface area (Å²) < 4.78 is 0. The van der Waals surface area contributed by atoms with Crippen LogP contribution in [0.3, 0.4) is 0 Å². The highest BCUT2D eigenvalue weighted by Gasteiger charge is 2.20. The minimum atomic E-state index is -0.181. The lowest BCUT2D eigenvalue weighted by molar-refractivity contribution is -0.132. The van der Waals surface area contributed by atoms with E-state index in [4.69, 9.17) is 11.6 Å². The van der Waals surface area contributed by atoms with Gasteiger partial charge in [-0.25, -0.2) is 0 Å². The smallest absolute Gasteiger partial charge is 0.223 e. The van der Waals surface area contributed by atoms with Crippen molar-refractivity contribution in [3.8, 4) is 0 Å². The van der Waals surface area contributed by atoms with Gasteiger partial charge in [0.25, 0.3) is 0 Å². The van der Waals surface area contributed by atoms with Crippen LogP contribution in [0.5, 0.6) is 0 Å². The van der Waals surface area contributed by atoms with Gasteiger partial charge in [0, 0.05) is 62.7 Å². The molecule has 192 valence electrons. The van der Waals surface area contributed by atoms with Crippen LogP contribution in [-0.4, -0.2) is 89.4 Å². The normalized spacial score (nSPS) is 17.7. The molecule has 1 atom stereocenters. The summed E-state index contributed by atoms with van der Waals surface area (Å²) in [5.41, 5.74) is 2.18. The van der Waals surface area contributed by atoms with E-state index in [9.17, 15) is 14.4 Å². The maximum absolute atomic E-state index is 12.6. The van der Waals surface area contributed by atoms with Gasteiger partial charge in [-0.2, -0.15) is 10.2 Å². The van der Waals surface area contributed by atoms with Crippen LogP contribution in [0.4, 0.5) is 0 Å². The first kappa shape index (κ1) is 30.0. The molecule has 0 aromatic carbocycles. The molecule has 0 spiro atoms. The lowest BCUT2D eigenvalue weighted by Crippen LogP contribution is -2.35. The van der Waals surface area contributed by atoms with E-state index in [2.05, 4.69) is 29.1 Å². The van der Waals surface area contributed by atoms with E-state index in [-0.39, 0.29) is 17.2 Å². The molecule has 1 saturated heterocycles. The van der Waals surface area contributed by atoms with Gasteiger partial charge < -0.3 is 14.7 Å². The third-order valence-electron chi connectivity index (χ3n) is 5.92. The van der Waals surface area contributed by atoms with E-state index < -0.39 is 0 Å². The molecule has 0 aliphatic carbocycles. The van der Waals surface area contributed by atoms with Gasteiger partial charge in [-0.1, -0.05) is 13.3 Å². The lowest BCUT2D eigenvalue weighted by Gasteiger charge is -2.25. The zero-order valence-corrected chi connectivity index (χ0v) is 22.5. The monoisotopic (exact) mass is 495 g/mol. The highest BCUT2D eigenvalue weighted by atomic mass is 35.5. The number of halogens is 1. The third-order valence-corrected chi connectivity index (χ3v) is 6.08. The summed E-state index contributed by atoms with van der Waals surface area (Å²) in [5, 5.41) is 8.55. The largest absolute Gasteiger partial charge is 0.341 e. The number of rotatable bonds is 12. The van der Waals surface area contributed by atoms with Crippen LogP contribution in [0.2, 0.25) is 0 Å². The number of amides is 2. The first-order chi connectivity index (χ1) is 16.1. The van der Waals surface area contributed by atoms with Crippen molar-refractivity contribution in [1.29, 1.82) is 0 Å². The molecule has 0 saturated carbocycles. The van der Waals surface area contributed by atoms with Crippen LogP contribution < -0.4 is 0 Å². The van der Waals surface area contributed by atoms with Crippen molar-refractivity contribution in [2.45, 2.75) is 78.5 Å². The summed E-state index contributed by atoms with van der Waals surface area (Å²) in [6, 6.07) is 0. The van der Waals surface area contributed by atoms with Crippen LogP contribution in [-0.2, 0) is 14.4 Å². The molecule has 1 aliphatic heterocycles. The van der Waals surface area contributed by atoms with Gasteiger partial charge in [0.2, 0.25) is 11.8 Å². The highest BCUT2D eigenvalue weighted by Crippen LogP contribution is 2.14. The van der Waals surface area contributed by atoms with Crippen molar-refractivity contribution in [2.24, 2.45) is 10.2 Å². The Morgan fingerprint density at radius 2 is 1.79 bits per heavy atom. The summed E-state index contributed by atoms with van der Waals surface area (Å²) in [6.45, 7) is 12.6.